The minimum Gasteiger partial charge on any atom is -0.368 e. The molecule has 3 N–H and O–H groups in total. The van der Waals surface area contributed by atoms with E-state index >= 15 is 0 Å². The smallest absolute Gasteiger partial charge is 0.241 e. The van der Waals surface area contributed by atoms with Crippen molar-refractivity contribution in [2.45, 2.75) is 46.0 Å². The molecule has 6 heteroatoms. The van der Waals surface area contributed by atoms with Crippen LogP contribution in [0.3, 0.4) is 0 Å². The average Bonchev–Trinajstić information content (AvgIpc) is 2.97. The van der Waals surface area contributed by atoms with Gasteiger partial charge in [0.2, 0.25) is 11.9 Å². The monoisotopic (exact) mass is 291 g/mol. The van der Waals surface area contributed by atoms with Gasteiger partial charge in [0.25, 0.3) is 0 Å². The number of carbonyl (C=O) groups is 1. The first kappa shape index (κ1) is 15.5. The first-order valence-corrected chi connectivity index (χ1v) is 7.76. The van der Waals surface area contributed by atoms with Gasteiger partial charge in [-0.1, -0.05) is 13.3 Å². The lowest BCUT2D eigenvalue weighted by Gasteiger charge is -2.17. The number of aryl methyl sites for hydroxylation is 1. The van der Waals surface area contributed by atoms with Crippen LogP contribution in [-0.4, -0.2) is 40.4 Å². The number of hydrogen-bond donors (Lipinski definition) is 2. The van der Waals surface area contributed by atoms with Crippen LogP contribution >= 0.6 is 0 Å². The molecule has 0 aromatic carbocycles. The number of nitrogens with two attached hydrogens (primary N) is 1. The molecule has 1 aromatic rings. The van der Waals surface area contributed by atoms with Crippen molar-refractivity contribution in [3.8, 4) is 0 Å². The fourth-order valence-electron chi connectivity index (χ4n) is 2.65. The van der Waals surface area contributed by atoms with E-state index in [0.717, 1.165) is 56.5 Å². The summed E-state index contributed by atoms with van der Waals surface area (Å²) in [4.78, 5) is 22.5. The summed E-state index contributed by atoms with van der Waals surface area (Å²) in [5, 5.41) is 3.16. The second kappa shape index (κ2) is 7.24. The number of rotatable bonds is 6. The van der Waals surface area contributed by atoms with Crippen LogP contribution in [0.15, 0.2) is 0 Å². The Hall–Kier alpha value is -1.85. The Morgan fingerprint density at radius 2 is 2.05 bits per heavy atom. The van der Waals surface area contributed by atoms with Gasteiger partial charge in [-0.25, -0.2) is 4.98 Å². The predicted octanol–water partition coefficient (Wildman–Crippen LogP) is 1.74. The first-order valence-electron chi connectivity index (χ1n) is 7.76. The van der Waals surface area contributed by atoms with Gasteiger partial charge in [0.05, 0.1) is 6.54 Å². The predicted molar refractivity (Wildman–Crippen MR) is 84.1 cm³/mol. The van der Waals surface area contributed by atoms with Crippen molar-refractivity contribution in [3.05, 3.63) is 11.3 Å². The third-order valence-corrected chi connectivity index (χ3v) is 3.88. The highest BCUT2D eigenvalue weighted by Crippen LogP contribution is 2.20. The molecule has 1 fully saturated rings. The van der Waals surface area contributed by atoms with E-state index in [1.54, 1.807) is 0 Å². The molecule has 0 saturated carbocycles. The van der Waals surface area contributed by atoms with Gasteiger partial charge in [-0.05, 0) is 32.6 Å². The highest BCUT2D eigenvalue weighted by molar-refractivity contribution is 5.81. The quantitative estimate of drug-likeness (QED) is 0.834. The maximum absolute atomic E-state index is 12.1. The normalized spacial score (nSPS) is 14.5. The lowest BCUT2D eigenvalue weighted by Crippen LogP contribution is -2.33. The van der Waals surface area contributed by atoms with Crippen molar-refractivity contribution >= 4 is 17.7 Å². The summed E-state index contributed by atoms with van der Waals surface area (Å²) >= 11 is 0. The molecule has 0 spiro atoms. The standard InChI is InChI=1S/C15H25N5O/c1-3-4-7-12-11(2)18-15(16)19-14(12)17-10-13(21)20-8-5-6-9-20/h3-10H2,1-2H3,(H3,16,17,18,19). The number of hydrogen-bond acceptors (Lipinski definition) is 5. The average molecular weight is 291 g/mol. The molecule has 0 atom stereocenters. The van der Waals surface area contributed by atoms with Crippen LogP contribution in [0.25, 0.3) is 0 Å². The molecule has 1 saturated heterocycles. The molecular formula is C15H25N5O. The fourth-order valence-corrected chi connectivity index (χ4v) is 2.65. The van der Waals surface area contributed by atoms with Gasteiger partial charge < -0.3 is 16.0 Å². The minimum atomic E-state index is 0.128. The van der Waals surface area contributed by atoms with E-state index in [-0.39, 0.29) is 18.4 Å². The lowest BCUT2D eigenvalue weighted by atomic mass is 10.1. The molecule has 1 aliphatic heterocycles. The molecule has 21 heavy (non-hydrogen) atoms. The first-order chi connectivity index (χ1) is 10.1. The van der Waals surface area contributed by atoms with E-state index in [1.165, 1.54) is 0 Å². The number of carbonyl (C=O) groups excluding carboxylic acids is 1. The molecule has 116 valence electrons. The largest absolute Gasteiger partial charge is 0.368 e. The van der Waals surface area contributed by atoms with Gasteiger partial charge in [-0.15, -0.1) is 0 Å². The molecule has 1 amide bonds. The molecule has 1 aliphatic rings. The Morgan fingerprint density at radius 1 is 1.33 bits per heavy atom. The number of nitrogen functional groups attached to an aromatic ring is 1. The maximum Gasteiger partial charge on any atom is 0.241 e. The molecule has 2 heterocycles. The van der Waals surface area contributed by atoms with Crippen molar-refractivity contribution in [1.82, 2.24) is 14.9 Å². The molecule has 0 bridgehead atoms. The van der Waals surface area contributed by atoms with Crippen molar-refractivity contribution in [2.75, 3.05) is 30.7 Å². The Labute approximate surface area is 126 Å². The molecule has 6 nitrogen and oxygen atoms in total. The Morgan fingerprint density at radius 3 is 2.71 bits per heavy atom. The van der Waals surface area contributed by atoms with E-state index in [4.69, 9.17) is 5.73 Å². The van der Waals surface area contributed by atoms with Crippen LogP contribution in [0, 0.1) is 6.92 Å². The van der Waals surface area contributed by atoms with Gasteiger partial charge in [0.15, 0.2) is 0 Å². The van der Waals surface area contributed by atoms with Crippen LogP contribution in [0.5, 0.6) is 0 Å². The van der Waals surface area contributed by atoms with Crippen molar-refractivity contribution in [3.63, 3.8) is 0 Å². The van der Waals surface area contributed by atoms with E-state index in [9.17, 15) is 4.79 Å². The van der Waals surface area contributed by atoms with E-state index in [2.05, 4.69) is 22.2 Å². The highest BCUT2D eigenvalue weighted by atomic mass is 16.2. The van der Waals surface area contributed by atoms with E-state index in [0.29, 0.717) is 5.82 Å². The zero-order valence-corrected chi connectivity index (χ0v) is 13.0. The summed E-state index contributed by atoms with van der Waals surface area (Å²) in [5.41, 5.74) is 7.69. The zero-order chi connectivity index (χ0) is 15.2. The molecule has 0 radical (unpaired) electrons. The Kier molecular flexibility index (Phi) is 5.36. The maximum atomic E-state index is 12.1. The second-order valence-electron chi connectivity index (χ2n) is 5.54. The van der Waals surface area contributed by atoms with Crippen LogP contribution in [0.1, 0.15) is 43.9 Å². The SMILES string of the molecule is CCCCc1c(C)nc(N)nc1NCC(=O)N1CCCC1. The number of anilines is 2. The summed E-state index contributed by atoms with van der Waals surface area (Å²) in [5.74, 6) is 1.09. The molecule has 0 aliphatic carbocycles. The molecule has 0 unspecified atom stereocenters. The zero-order valence-electron chi connectivity index (χ0n) is 13.0. The van der Waals surface area contributed by atoms with Crippen molar-refractivity contribution < 1.29 is 4.79 Å². The second-order valence-corrected chi connectivity index (χ2v) is 5.54. The molecular weight excluding hydrogens is 266 g/mol. The number of nitrogens with zero attached hydrogens (tertiary/aromatic N) is 3. The third kappa shape index (κ3) is 4.06. The number of likely N-dealkylation sites (tertiary alicyclic amines) is 1. The Balaban J connectivity index is 2.05. The van der Waals surface area contributed by atoms with Crippen molar-refractivity contribution in [1.29, 1.82) is 0 Å². The van der Waals surface area contributed by atoms with Crippen LogP contribution in [0.2, 0.25) is 0 Å². The third-order valence-electron chi connectivity index (χ3n) is 3.88. The Bertz CT molecular complexity index is 497. The van der Waals surface area contributed by atoms with Gasteiger partial charge >= 0.3 is 0 Å². The topological polar surface area (TPSA) is 84.1 Å². The van der Waals surface area contributed by atoms with Gasteiger partial charge in [-0.2, -0.15) is 4.98 Å². The summed E-state index contributed by atoms with van der Waals surface area (Å²) in [7, 11) is 0. The number of unbranched alkanes of at least 4 members (excludes halogenated alkanes) is 1. The number of nitrogens with one attached hydrogen (secondary N) is 1. The van der Waals surface area contributed by atoms with E-state index in [1.807, 2.05) is 11.8 Å². The van der Waals surface area contributed by atoms with Crippen molar-refractivity contribution in [2.24, 2.45) is 0 Å². The summed E-state index contributed by atoms with van der Waals surface area (Å²) in [6, 6.07) is 0. The van der Waals surface area contributed by atoms with Gasteiger partial charge in [-0.3, -0.25) is 4.79 Å². The molecule has 2 rings (SSSR count). The number of amides is 1. The summed E-state index contributed by atoms with van der Waals surface area (Å²) < 4.78 is 0. The summed E-state index contributed by atoms with van der Waals surface area (Å²) in [6.07, 6.45) is 5.29. The van der Waals surface area contributed by atoms with E-state index < -0.39 is 0 Å². The van der Waals surface area contributed by atoms with Crippen LogP contribution in [-0.2, 0) is 11.2 Å². The molecule has 1 aromatic heterocycles. The lowest BCUT2D eigenvalue weighted by molar-refractivity contribution is -0.128. The summed E-state index contributed by atoms with van der Waals surface area (Å²) in [6.45, 7) is 6.10. The van der Waals surface area contributed by atoms with Gasteiger partial charge in [0.1, 0.15) is 5.82 Å². The number of aromatic nitrogens is 2. The van der Waals surface area contributed by atoms with Crippen LogP contribution in [0.4, 0.5) is 11.8 Å². The fraction of sp³-hybridized carbons (Fsp3) is 0.667. The van der Waals surface area contributed by atoms with Gasteiger partial charge in [0, 0.05) is 24.3 Å². The van der Waals surface area contributed by atoms with Crippen LogP contribution < -0.4 is 11.1 Å². The minimum absolute atomic E-state index is 0.128. The highest BCUT2D eigenvalue weighted by Gasteiger charge is 2.18.